The standard InChI is InChI=1S/C12H12N2O5/c1-7-10(14-19-13-7)6-18-11-5-8(17-2)3-4-9(11)12(15)16/h3-5H,6H2,1-2H3,(H,15,16). The molecule has 0 atom stereocenters. The van der Waals surface area contributed by atoms with E-state index in [2.05, 4.69) is 14.9 Å². The first kappa shape index (κ1) is 12.9. The molecule has 100 valence electrons. The Bertz CT molecular complexity index is 594. The highest BCUT2D eigenvalue weighted by Crippen LogP contribution is 2.25. The molecule has 0 aliphatic rings. The smallest absolute Gasteiger partial charge is 0.339 e. The van der Waals surface area contributed by atoms with Gasteiger partial charge in [-0.15, -0.1) is 0 Å². The van der Waals surface area contributed by atoms with E-state index in [1.54, 1.807) is 13.0 Å². The molecule has 0 aliphatic carbocycles. The van der Waals surface area contributed by atoms with Crippen LogP contribution in [0.4, 0.5) is 0 Å². The average Bonchev–Trinajstić information content (AvgIpc) is 2.81. The lowest BCUT2D eigenvalue weighted by Crippen LogP contribution is -2.04. The van der Waals surface area contributed by atoms with Crippen molar-refractivity contribution in [3.8, 4) is 11.5 Å². The van der Waals surface area contributed by atoms with Crippen molar-refractivity contribution in [2.24, 2.45) is 0 Å². The van der Waals surface area contributed by atoms with E-state index >= 15 is 0 Å². The molecule has 0 spiro atoms. The molecule has 1 aromatic heterocycles. The number of methoxy groups -OCH3 is 1. The van der Waals surface area contributed by atoms with E-state index in [-0.39, 0.29) is 17.9 Å². The predicted octanol–water partition coefficient (Wildman–Crippen LogP) is 1.66. The minimum absolute atomic E-state index is 0.0508. The first-order valence-corrected chi connectivity index (χ1v) is 5.44. The summed E-state index contributed by atoms with van der Waals surface area (Å²) < 4.78 is 15.0. The minimum atomic E-state index is -1.08. The topological polar surface area (TPSA) is 94.7 Å². The zero-order valence-electron chi connectivity index (χ0n) is 10.4. The van der Waals surface area contributed by atoms with E-state index in [1.807, 2.05) is 0 Å². The Hall–Kier alpha value is -2.57. The van der Waals surface area contributed by atoms with Gasteiger partial charge in [0, 0.05) is 6.07 Å². The molecule has 0 aliphatic heterocycles. The van der Waals surface area contributed by atoms with E-state index in [1.165, 1.54) is 19.2 Å². The highest BCUT2D eigenvalue weighted by molar-refractivity contribution is 5.91. The van der Waals surface area contributed by atoms with E-state index in [0.717, 1.165) is 0 Å². The number of nitrogens with zero attached hydrogens (tertiary/aromatic N) is 2. The second kappa shape index (κ2) is 5.38. The molecule has 1 aromatic carbocycles. The summed E-state index contributed by atoms with van der Waals surface area (Å²) in [5, 5.41) is 16.3. The summed E-state index contributed by atoms with van der Waals surface area (Å²) in [7, 11) is 1.49. The zero-order chi connectivity index (χ0) is 13.8. The lowest BCUT2D eigenvalue weighted by molar-refractivity contribution is 0.0691. The van der Waals surface area contributed by atoms with Gasteiger partial charge in [-0.1, -0.05) is 10.3 Å². The summed E-state index contributed by atoms with van der Waals surface area (Å²) in [6.45, 7) is 1.79. The molecule has 7 nitrogen and oxygen atoms in total. The van der Waals surface area contributed by atoms with Gasteiger partial charge in [-0.2, -0.15) is 0 Å². The van der Waals surface area contributed by atoms with Gasteiger partial charge < -0.3 is 14.6 Å². The number of benzene rings is 1. The minimum Gasteiger partial charge on any atom is -0.497 e. The number of aromatic nitrogens is 2. The molecule has 1 N–H and O–H groups in total. The van der Waals surface area contributed by atoms with Crippen LogP contribution in [0.3, 0.4) is 0 Å². The number of carboxylic acids is 1. The fourth-order valence-electron chi connectivity index (χ4n) is 1.45. The van der Waals surface area contributed by atoms with Gasteiger partial charge in [-0.05, 0) is 19.1 Å². The maximum absolute atomic E-state index is 11.1. The van der Waals surface area contributed by atoms with Gasteiger partial charge in [-0.3, -0.25) is 0 Å². The Morgan fingerprint density at radius 1 is 1.42 bits per heavy atom. The molecule has 0 saturated carbocycles. The Kier molecular flexibility index (Phi) is 3.65. The number of hydrogen-bond acceptors (Lipinski definition) is 6. The third-order valence-electron chi connectivity index (χ3n) is 2.53. The molecule has 0 amide bonds. The number of carbonyl (C=O) groups is 1. The van der Waals surface area contributed by atoms with Gasteiger partial charge in [0.15, 0.2) is 0 Å². The van der Waals surface area contributed by atoms with Gasteiger partial charge in [0.2, 0.25) is 0 Å². The number of hydrogen-bond donors (Lipinski definition) is 1. The molecule has 19 heavy (non-hydrogen) atoms. The largest absolute Gasteiger partial charge is 0.497 e. The third kappa shape index (κ3) is 2.82. The molecule has 1 heterocycles. The van der Waals surface area contributed by atoms with Crippen molar-refractivity contribution in [3.63, 3.8) is 0 Å². The number of rotatable bonds is 5. The van der Waals surface area contributed by atoms with Gasteiger partial charge >= 0.3 is 5.97 Å². The Morgan fingerprint density at radius 2 is 2.21 bits per heavy atom. The predicted molar refractivity (Wildman–Crippen MR) is 63.3 cm³/mol. The van der Waals surface area contributed by atoms with Crippen molar-refractivity contribution in [2.45, 2.75) is 13.5 Å². The van der Waals surface area contributed by atoms with Crippen LogP contribution in [-0.2, 0) is 6.61 Å². The average molecular weight is 264 g/mol. The van der Waals surface area contributed by atoms with Crippen molar-refractivity contribution in [1.29, 1.82) is 0 Å². The molecule has 0 fully saturated rings. The maximum Gasteiger partial charge on any atom is 0.339 e. The molecule has 0 saturated heterocycles. The molecule has 2 rings (SSSR count). The molecular weight excluding hydrogens is 252 g/mol. The first-order valence-electron chi connectivity index (χ1n) is 5.44. The molecule has 2 aromatic rings. The maximum atomic E-state index is 11.1. The van der Waals surface area contributed by atoms with E-state index in [4.69, 9.17) is 14.6 Å². The van der Waals surface area contributed by atoms with Crippen LogP contribution in [0.15, 0.2) is 22.8 Å². The summed E-state index contributed by atoms with van der Waals surface area (Å²) >= 11 is 0. The van der Waals surface area contributed by atoms with Crippen LogP contribution in [0, 0.1) is 6.92 Å². The quantitative estimate of drug-likeness (QED) is 0.877. The summed E-state index contributed by atoms with van der Waals surface area (Å²) in [4.78, 5) is 11.1. The summed E-state index contributed by atoms with van der Waals surface area (Å²) in [5.74, 6) is -0.364. The van der Waals surface area contributed by atoms with Crippen LogP contribution in [0.5, 0.6) is 11.5 Å². The number of aryl methyl sites for hydroxylation is 1. The second-order valence-corrected chi connectivity index (χ2v) is 3.75. The van der Waals surface area contributed by atoms with Crippen LogP contribution in [0.1, 0.15) is 21.7 Å². The van der Waals surface area contributed by atoms with Crippen LogP contribution in [-0.4, -0.2) is 28.5 Å². The van der Waals surface area contributed by atoms with Gasteiger partial charge in [0.1, 0.15) is 35.1 Å². The highest BCUT2D eigenvalue weighted by atomic mass is 16.6. The first-order chi connectivity index (χ1) is 9.11. The van der Waals surface area contributed by atoms with Crippen LogP contribution in [0.2, 0.25) is 0 Å². The summed E-state index contributed by atoms with van der Waals surface area (Å²) in [5.41, 5.74) is 1.16. The third-order valence-corrected chi connectivity index (χ3v) is 2.53. The molecule has 0 radical (unpaired) electrons. The fourth-order valence-corrected chi connectivity index (χ4v) is 1.45. The van der Waals surface area contributed by atoms with Gasteiger partial charge in [0.25, 0.3) is 0 Å². The lowest BCUT2D eigenvalue weighted by atomic mass is 10.2. The van der Waals surface area contributed by atoms with Crippen molar-refractivity contribution < 1.29 is 24.0 Å². The van der Waals surface area contributed by atoms with Crippen molar-refractivity contribution in [3.05, 3.63) is 35.2 Å². The number of aromatic carboxylic acids is 1. The van der Waals surface area contributed by atoms with Crippen LogP contribution in [0.25, 0.3) is 0 Å². The summed E-state index contributed by atoms with van der Waals surface area (Å²) in [6.07, 6.45) is 0. The van der Waals surface area contributed by atoms with Gasteiger partial charge in [0.05, 0.1) is 7.11 Å². The van der Waals surface area contributed by atoms with E-state index in [0.29, 0.717) is 17.1 Å². The Morgan fingerprint density at radius 3 is 2.79 bits per heavy atom. The van der Waals surface area contributed by atoms with Crippen molar-refractivity contribution in [1.82, 2.24) is 10.3 Å². The number of ether oxygens (including phenoxy) is 2. The Labute approximate surface area is 108 Å². The molecule has 0 bridgehead atoms. The van der Waals surface area contributed by atoms with E-state index in [9.17, 15) is 4.79 Å². The van der Waals surface area contributed by atoms with Crippen molar-refractivity contribution >= 4 is 5.97 Å². The zero-order valence-corrected chi connectivity index (χ0v) is 10.4. The highest BCUT2D eigenvalue weighted by Gasteiger charge is 2.14. The lowest BCUT2D eigenvalue weighted by Gasteiger charge is -2.09. The normalized spacial score (nSPS) is 10.2. The van der Waals surface area contributed by atoms with E-state index < -0.39 is 5.97 Å². The Balaban J connectivity index is 2.22. The fraction of sp³-hybridized carbons (Fsp3) is 0.250. The molecule has 0 unspecified atom stereocenters. The number of carboxylic acid groups (broad SMARTS) is 1. The van der Waals surface area contributed by atoms with Gasteiger partial charge in [-0.25, -0.2) is 9.42 Å². The summed E-state index contributed by atoms with van der Waals surface area (Å²) in [6, 6.07) is 4.48. The second-order valence-electron chi connectivity index (χ2n) is 3.75. The molecular formula is C12H12N2O5. The monoisotopic (exact) mass is 264 g/mol. The van der Waals surface area contributed by atoms with Crippen molar-refractivity contribution in [2.75, 3.05) is 7.11 Å². The SMILES string of the molecule is COc1ccc(C(=O)O)c(OCc2nonc2C)c1. The van der Waals surface area contributed by atoms with Crippen LogP contribution >= 0.6 is 0 Å². The van der Waals surface area contributed by atoms with Crippen LogP contribution < -0.4 is 9.47 Å². The molecule has 7 heteroatoms.